The number of thiol groups is 1. The molecular weight excluding hydrogens is 190 g/mol. The summed E-state index contributed by atoms with van der Waals surface area (Å²) in [5.74, 6) is 0.977. The van der Waals surface area contributed by atoms with Crippen LogP contribution in [0.2, 0.25) is 0 Å². The number of ketones is 1. The molecule has 0 rings (SSSR count). The molecule has 0 spiro atoms. The average molecular weight is 202 g/mol. The van der Waals surface area contributed by atoms with Gasteiger partial charge >= 0.3 is 0 Å². The van der Waals surface area contributed by atoms with E-state index in [0.29, 0.717) is 11.5 Å². The van der Waals surface area contributed by atoms with Crippen molar-refractivity contribution >= 4 is 47.3 Å². The van der Waals surface area contributed by atoms with Crippen molar-refractivity contribution in [2.45, 2.75) is 0 Å². The van der Waals surface area contributed by atoms with Crippen molar-refractivity contribution < 1.29 is 4.79 Å². The first-order valence-corrected chi connectivity index (χ1v) is 6.86. The second-order valence-electron chi connectivity index (χ2n) is 1.36. The summed E-state index contributed by atoms with van der Waals surface area (Å²) >= 11 is 5.35. The number of carbonyl (C=O) groups is 1. The van der Waals surface area contributed by atoms with Crippen molar-refractivity contribution in [1.82, 2.24) is 0 Å². The maximum atomic E-state index is 10.6. The molecule has 0 saturated heterocycles. The SMILES string of the molecule is [3H]P(P)CSCC(=O)CS. The molecule has 0 amide bonds. The van der Waals surface area contributed by atoms with Gasteiger partial charge in [0.05, 0.1) is 12.8 Å². The van der Waals surface area contributed by atoms with Crippen LogP contribution in [0.1, 0.15) is 0 Å². The summed E-state index contributed by atoms with van der Waals surface area (Å²) in [6.45, 7) is 0. The van der Waals surface area contributed by atoms with Crippen LogP contribution in [0.4, 0.5) is 0 Å². The van der Waals surface area contributed by atoms with E-state index in [1.54, 1.807) is 0 Å². The molecule has 0 aliphatic carbocycles. The zero-order valence-corrected chi connectivity index (χ0v) is 8.67. The molecule has 1 nitrogen and oxygen atoms in total. The molecule has 0 heterocycles. The van der Waals surface area contributed by atoms with Gasteiger partial charge in [0.25, 0.3) is 0 Å². The summed E-state index contributed by atoms with van der Waals surface area (Å²) < 4.78 is 7.16. The zero-order valence-electron chi connectivity index (χ0n) is 5.91. The summed E-state index contributed by atoms with van der Waals surface area (Å²) in [5, 5.41) is 0. The summed E-state index contributed by atoms with van der Waals surface area (Å²) in [4.78, 5) is 10.6. The second-order valence-corrected chi connectivity index (χ2v) is 4.86. The molecule has 2 unspecified atom stereocenters. The van der Waals surface area contributed by atoms with E-state index in [2.05, 4.69) is 21.6 Å². The zero-order chi connectivity index (χ0) is 7.98. The van der Waals surface area contributed by atoms with Crippen LogP contribution in [0.3, 0.4) is 0 Å². The molecule has 0 fully saturated rings. The Balaban J connectivity index is 3.12. The highest BCUT2D eigenvalue weighted by Gasteiger charge is 1.95. The van der Waals surface area contributed by atoms with Gasteiger partial charge in [-0.3, -0.25) is 4.79 Å². The smallest absolute Gasteiger partial charge is 0.152 e. The highest BCUT2D eigenvalue weighted by Crippen LogP contribution is 2.25. The van der Waals surface area contributed by atoms with Gasteiger partial charge in [-0.2, -0.15) is 12.6 Å². The lowest BCUT2D eigenvalue weighted by Gasteiger charge is -1.94. The molecule has 0 radical (unpaired) electrons. The standard InChI is InChI=1S/C4H10OP2S2/c5-4(1-8)2-9-3-7-6/h7-8H,1-3,6H2/i7T. The molecule has 0 aliphatic rings. The maximum Gasteiger partial charge on any atom is 0.152 e. The molecule has 0 aromatic carbocycles. The fourth-order valence-corrected chi connectivity index (χ4v) is 2.59. The number of hydrogen-bond donors (Lipinski definition) is 1. The molecule has 0 aromatic heterocycles. The summed E-state index contributed by atoms with van der Waals surface area (Å²) in [6.07, 6.45) is 0. The topological polar surface area (TPSA) is 17.1 Å². The van der Waals surface area contributed by atoms with E-state index in [4.69, 9.17) is 1.28 Å². The fourth-order valence-electron chi connectivity index (χ4n) is 0.258. The number of thioether (sulfide) groups is 1. The van der Waals surface area contributed by atoms with Gasteiger partial charge in [-0.25, -0.2) is 0 Å². The molecule has 9 heavy (non-hydrogen) atoms. The van der Waals surface area contributed by atoms with Crippen LogP contribution in [-0.2, 0) is 4.79 Å². The Morgan fingerprint density at radius 2 is 2.67 bits per heavy atom. The Kier molecular flexibility index (Phi) is 6.79. The molecular formula is C4H10OP2S2. The monoisotopic (exact) mass is 202 g/mol. The normalized spacial score (nSPS) is 14.7. The van der Waals surface area contributed by atoms with Crippen LogP contribution in [0.5, 0.6) is 0 Å². The largest absolute Gasteiger partial charge is 0.298 e. The highest BCUT2D eigenvalue weighted by molar-refractivity contribution is 8.14. The lowest BCUT2D eigenvalue weighted by atomic mass is 10.5. The van der Waals surface area contributed by atoms with E-state index in [0.717, 1.165) is 5.49 Å². The third-order valence-electron chi connectivity index (χ3n) is 0.605. The van der Waals surface area contributed by atoms with Crippen LogP contribution in [0, 0.1) is 0 Å². The molecule has 0 N–H and O–H groups in total. The number of Topliss-reactive ketones (excluding diaryl/α,β-unsaturated/α-hetero) is 1. The van der Waals surface area contributed by atoms with Crippen molar-refractivity contribution in [3.63, 3.8) is 0 Å². The number of hydrogen-bond acceptors (Lipinski definition) is 3. The van der Waals surface area contributed by atoms with Crippen LogP contribution >= 0.6 is 41.5 Å². The van der Waals surface area contributed by atoms with Gasteiger partial charge in [0.15, 0.2) is 5.78 Å². The van der Waals surface area contributed by atoms with Gasteiger partial charge in [-0.15, -0.1) is 20.7 Å². The van der Waals surface area contributed by atoms with Gasteiger partial charge in [0, 0.05) is 5.49 Å². The van der Waals surface area contributed by atoms with Gasteiger partial charge in [-0.05, 0) is 0 Å². The molecule has 54 valence electrons. The van der Waals surface area contributed by atoms with Crippen molar-refractivity contribution in [2.75, 3.05) is 17.0 Å². The molecule has 2 atom stereocenters. The molecule has 0 aromatic rings. The van der Waals surface area contributed by atoms with Crippen molar-refractivity contribution in [2.24, 2.45) is 0 Å². The quantitative estimate of drug-likeness (QED) is 0.539. The minimum Gasteiger partial charge on any atom is -0.298 e. The Labute approximate surface area is 70.7 Å². The average Bonchev–Trinajstić information content (AvgIpc) is 1.87. The fraction of sp³-hybridized carbons (Fsp3) is 0.750. The maximum absolute atomic E-state index is 10.6. The van der Waals surface area contributed by atoms with Crippen LogP contribution < -0.4 is 0 Å². The Morgan fingerprint density at radius 1 is 2.00 bits per heavy atom. The van der Waals surface area contributed by atoms with E-state index in [-0.39, 0.29) is 5.78 Å². The van der Waals surface area contributed by atoms with Gasteiger partial charge in [0.2, 0.25) is 0 Å². The first kappa shape index (κ1) is 8.33. The van der Waals surface area contributed by atoms with Crippen molar-refractivity contribution in [3.05, 3.63) is 0 Å². The lowest BCUT2D eigenvalue weighted by Crippen LogP contribution is -2.01. The molecule has 0 bridgehead atoms. The van der Waals surface area contributed by atoms with Gasteiger partial charge in [-0.1, -0.05) is 8.21 Å². The first-order chi connectivity index (χ1) is 4.66. The van der Waals surface area contributed by atoms with E-state index in [1.165, 1.54) is 11.8 Å². The van der Waals surface area contributed by atoms with Gasteiger partial charge in [0.1, 0.15) is 0 Å². The van der Waals surface area contributed by atoms with Gasteiger partial charge < -0.3 is 0 Å². The summed E-state index contributed by atoms with van der Waals surface area (Å²) in [6, 6.07) is 0. The Morgan fingerprint density at radius 3 is 3.11 bits per heavy atom. The summed E-state index contributed by atoms with van der Waals surface area (Å²) in [5.41, 5.74) is 0.763. The van der Waals surface area contributed by atoms with E-state index in [9.17, 15) is 4.79 Å². The summed E-state index contributed by atoms with van der Waals surface area (Å²) in [7, 11) is 1.75. The number of carbonyl (C=O) groups excluding carboxylic acids is 1. The van der Waals surface area contributed by atoms with Crippen molar-refractivity contribution in [1.29, 1.82) is 1.28 Å². The first-order valence-electron chi connectivity index (χ1n) is 2.83. The molecule has 0 aliphatic heterocycles. The second kappa shape index (κ2) is 7.34. The van der Waals surface area contributed by atoms with Crippen LogP contribution in [-0.4, -0.2) is 24.1 Å². The minimum atomic E-state index is -0.684. The minimum absolute atomic E-state index is 0.148. The Hall–Kier alpha value is 1.23. The lowest BCUT2D eigenvalue weighted by molar-refractivity contribution is -0.114. The predicted octanol–water partition coefficient (Wildman–Crippen LogP) is 1.64. The van der Waals surface area contributed by atoms with Crippen molar-refractivity contribution in [3.8, 4) is 0 Å². The van der Waals surface area contributed by atoms with E-state index >= 15 is 0 Å². The van der Waals surface area contributed by atoms with E-state index in [1.807, 2.05) is 0 Å². The van der Waals surface area contributed by atoms with Crippen LogP contribution in [0.15, 0.2) is 0 Å². The Bertz CT molecular complexity index is 111. The third kappa shape index (κ3) is 7.12. The van der Waals surface area contributed by atoms with E-state index < -0.39 is 8.21 Å². The predicted molar refractivity (Wildman–Crippen MR) is 54.2 cm³/mol. The highest BCUT2D eigenvalue weighted by atomic mass is 32.2. The number of rotatable bonds is 5. The molecule has 5 heteroatoms. The van der Waals surface area contributed by atoms with Crippen LogP contribution in [0.25, 0.3) is 0 Å². The third-order valence-corrected chi connectivity index (χ3v) is 4.15. The molecule has 0 saturated carbocycles.